The van der Waals surface area contributed by atoms with Crippen molar-refractivity contribution in [3.05, 3.63) is 57.0 Å². The number of aryl methyl sites for hydroxylation is 2. The van der Waals surface area contributed by atoms with E-state index in [4.69, 9.17) is 4.74 Å². The summed E-state index contributed by atoms with van der Waals surface area (Å²) in [7, 11) is 2.99. The summed E-state index contributed by atoms with van der Waals surface area (Å²) in [6.45, 7) is 4.05. The van der Waals surface area contributed by atoms with Gasteiger partial charge < -0.3 is 14.2 Å². The number of carbonyl (C=O) groups is 1. The summed E-state index contributed by atoms with van der Waals surface area (Å²) in [6, 6.07) is 7.98. The number of carbonyl (C=O) groups excluding carboxylic acids is 1. The molecule has 0 N–H and O–H groups in total. The average Bonchev–Trinajstić information content (AvgIpc) is 3.40. The second-order valence-corrected chi connectivity index (χ2v) is 8.20. The predicted molar refractivity (Wildman–Crippen MR) is 116 cm³/mol. The van der Waals surface area contributed by atoms with Crippen LogP contribution in [-0.4, -0.2) is 49.2 Å². The number of imidazole rings is 1. The Kier molecular flexibility index (Phi) is 5.67. The van der Waals surface area contributed by atoms with Crippen LogP contribution in [0.5, 0.6) is 5.75 Å². The van der Waals surface area contributed by atoms with Gasteiger partial charge in [-0.25, -0.2) is 9.78 Å². The molecule has 31 heavy (non-hydrogen) atoms. The average molecular weight is 425 g/mol. The number of nitrogens with zero attached hydrogens (tertiary/aromatic N) is 5. The van der Waals surface area contributed by atoms with E-state index in [0.717, 1.165) is 23.2 Å². The summed E-state index contributed by atoms with van der Waals surface area (Å²) < 4.78 is 9.70. The first-order valence-electron chi connectivity index (χ1n) is 10.4. The molecule has 0 saturated carbocycles. The Bertz CT molecular complexity index is 1220. The van der Waals surface area contributed by atoms with Crippen LogP contribution in [-0.2, 0) is 25.4 Å². The van der Waals surface area contributed by atoms with E-state index >= 15 is 0 Å². The third kappa shape index (κ3) is 4.12. The van der Waals surface area contributed by atoms with E-state index in [-0.39, 0.29) is 23.6 Å². The molecular weight excluding hydrogens is 398 g/mol. The minimum absolute atomic E-state index is 0.0243. The largest absolute Gasteiger partial charge is 0.494 e. The molecule has 0 aliphatic carbocycles. The highest BCUT2D eigenvalue weighted by Crippen LogP contribution is 2.21. The van der Waals surface area contributed by atoms with E-state index in [9.17, 15) is 14.4 Å². The summed E-state index contributed by atoms with van der Waals surface area (Å²) in [5.41, 5.74) is 0.858. The lowest BCUT2D eigenvalue weighted by atomic mass is 10.1. The van der Waals surface area contributed by atoms with Crippen LogP contribution < -0.4 is 16.0 Å². The Balaban J connectivity index is 1.36. The molecule has 9 nitrogen and oxygen atoms in total. The van der Waals surface area contributed by atoms with Gasteiger partial charge in [0.05, 0.1) is 12.9 Å². The topological polar surface area (TPSA) is 91.4 Å². The summed E-state index contributed by atoms with van der Waals surface area (Å²) in [4.78, 5) is 43.5. The third-order valence-electron chi connectivity index (χ3n) is 5.98. The smallest absolute Gasteiger partial charge is 0.332 e. The van der Waals surface area contributed by atoms with Crippen molar-refractivity contribution in [1.82, 2.24) is 23.6 Å². The second-order valence-electron chi connectivity index (χ2n) is 8.20. The standard InChI is InChI=1S/C22H27N5O4/c1-15-4-6-17(7-5-15)31-11-9-16-8-10-26(12-16)18(28)13-27-14-23-20-19(27)21(29)25(3)22(30)24(20)2/h4-7,14,16H,8-13H2,1-3H3. The van der Waals surface area contributed by atoms with Crippen molar-refractivity contribution in [3.63, 3.8) is 0 Å². The van der Waals surface area contributed by atoms with Gasteiger partial charge in [0.1, 0.15) is 12.3 Å². The molecule has 0 radical (unpaired) electrons. The zero-order chi connectivity index (χ0) is 22.1. The first kappa shape index (κ1) is 20.9. The Morgan fingerprint density at radius 3 is 2.65 bits per heavy atom. The fourth-order valence-corrected chi connectivity index (χ4v) is 4.04. The monoisotopic (exact) mass is 425 g/mol. The maximum absolute atomic E-state index is 12.8. The molecule has 1 aromatic carbocycles. The highest BCUT2D eigenvalue weighted by Gasteiger charge is 2.27. The zero-order valence-electron chi connectivity index (χ0n) is 18.1. The molecule has 1 aliphatic heterocycles. The van der Waals surface area contributed by atoms with Gasteiger partial charge in [0.25, 0.3) is 5.56 Å². The number of hydrogen-bond acceptors (Lipinski definition) is 5. The van der Waals surface area contributed by atoms with Gasteiger partial charge in [0.2, 0.25) is 5.91 Å². The molecule has 1 saturated heterocycles. The van der Waals surface area contributed by atoms with Crippen molar-refractivity contribution < 1.29 is 9.53 Å². The normalized spacial score (nSPS) is 16.2. The van der Waals surface area contributed by atoms with Crippen LogP contribution in [0.15, 0.2) is 40.2 Å². The molecule has 0 bridgehead atoms. The molecular formula is C22H27N5O4. The number of amides is 1. The van der Waals surface area contributed by atoms with Gasteiger partial charge in [-0.3, -0.25) is 18.7 Å². The van der Waals surface area contributed by atoms with E-state index in [1.54, 1.807) is 7.05 Å². The molecule has 2 aromatic heterocycles. The Morgan fingerprint density at radius 1 is 1.16 bits per heavy atom. The van der Waals surface area contributed by atoms with Gasteiger partial charge in [-0.2, -0.15) is 0 Å². The lowest BCUT2D eigenvalue weighted by molar-refractivity contribution is -0.130. The SMILES string of the molecule is Cc1ccc(OCCC2CCN(C(=O)Cn3cnc4c3c(=O)n(C)c(=O)n4C)C2)cc1. The minimum atomic E-state index is -0.448. The first-order valence-corrected chi connectivity index (χ1v) is 10.4. The molecule has 1 unspecified atom stereocenters. The summed E-state index contributed by atoms with van der Waals surface area (Å²) in [6.07, 6.45) is 3.27. The summed E-state index contributed by atoms with van der Waals surface area (Å²) in [5.74, 6) is 1.19. The van der Waals surface area contributed by atoms with Gasteiger partial charge in [0.15, 0.2) is 11.2 Å². The lowest BCUT2D eigenvalue weighted by Gasteiger charge is -2.17. The molecule has 3 heterocycles. The Hall–Kier alpha value is -3.36. The highest BCUT2D eigenvalue weighted by molar-refractivity contribution is 5.79. The number of rotatable bonds is 6. The number of hydrogen-bond donors (Lipinski definition) is 0. The van der Waals surface area contributed by atoms with Crippen LogP contribution in [0, 0.1) is 12.8 Å². The number of ether oxygens (including phenoxy) is 1. The van der Waals surface area contributed by atoms with Crippen molar-refractivity contribution in [2.45, 2.75) is 26.3 Å². The second kappa shape index (κ2) is 8.41. The maximum Gasteiger partial charge on any atom is 0.332 e. The van der Waals surface area contributed by atoms with Crippen LogP contribution in [0.2, 0.25) is 0 Å². The van der Waals surface area contributed by atoms with E-state index in [2.05, 4.69) is 4.98 Å². The lowest BCUT2D eigenvalue weighted by Crippen LogP contribution is -2.38. The molecule has 1 fully saturated rings. The molecule has 3 aromatic rings. The van der Waals surface area contributed by atoms with Crippen LogP contribution in [0.25, 0.3) is 11.2 Å². The third-order valence-corrected chi connectivity index (χ3v) is 5.98. The molecule has 9 heteroatoms. The van der Waals surface area contributed by atoms with E-state index in [0.29, 0.717) is 25.6 Å². The molecule has 1 amide bonds. The molecule has 1 aliphatic rings. The quantitative estimate of drug-likeness (QED) is 0.589. The van der Waals surface area contributed by atoms with Crippen molar-refractivity contribution in [2.75, 3.05) is 19.7 Å². The van der Waals surface area contributed by atoms with Crippen molar-refractivity contribution >= 4 is 17.1 Å². The number of aromatic nitrogens is 4. The van der Waals surface area contributed by atoms with E-state index in [1.165, 1.54) is 28.1 Å². The van der Waals surface area contributed by atoms with Crippen LogP contribution in [0.1, 0.15) is 18.4 Å². The maximum atomic E-state index is 12.8. The summed E-state index contributed by atoms with van der Waals surface area (Å²) >= 11 is 0. The number of fused-ring (bicyclic) bond motifs is 1. The van der Waals surface area contributed by atoms with Crippen LogP contribution in [0.4, 0.5) is 0 Å². The summed E-state index contributed by atoms with van der Waals surface area (Å²) in [5, 5.41) is 0. The molecule has 0 spiro atoms. The fraction of sp³-hybridized carbons (Fsp3) is 0.455. The highest BCUT2D eigenvalue weighted by atomic mass is 16.5. The van der Waals surface area contributed by atoms with Gasteiger partial charge in [-0.05, 0) is 37.8 Å². The van der Waals surface area contributed by atoms with Crippen molar-refractivity contribution in [2.24, 2.45) is 20.0 Å². The van der Waals surface area contributed by atoms with Gasteiger partial charge in [0, 0.05) is 27.2 Å². The predicted octanol–water partition coefficient (Wildman–Crippen LogP) is 1.06. The minimum Gasteiger partial charge on any atom is -0.494 e. The van der Waals surface area contributed by atoms with Crippen molar-refractivity contribution in [3.8, 4) is 5.75 Å². The Morgan fingerprint density at radius 2 is 1.90 bits per heavy atom. The first-order chi connectivity index (χ1) is 14.8. The van der Waals surface area contributed by atoms with Gasteiger partial charge in [-0.15, -0.1) is 0 Å². The van der Waals surface area contributed by atoms with E-state index in [1.807, 2.05) is 36.1 Å². The molecule has 4 rings (SSSR count). The van der Waals surface area contributed by atoms with Crippen molar-refractivity contribution in [1.29, 1.82) is 0 Å². The molecule has 1 atom stereocenters. The number of benzene rings is 1. The number of likely N-dealkylation sites (tertiary alicyclic amines) is 1. The zero-order valence-corrected chi connectivity index (χ0v) is 18.1. The van der Waals surface area contributed by atoms with Crippen LogP contribution >= 0.6 is 0 Å². The Labute approximate surface area is 179 Å². The van der Waals surface area contributed by atoms with Gasteiger partial charge in [-0.1, -0.05) is 17.7 Å². The fourth-order valence-electron chi connectivity index (χ4n) is 4.04. The van der Waals surface area contributed by atoms with Gasteiger partial charge >= 0.3 is 5.69 Å². The molecule has 164 valence electrons. The van der Waals surface area contributed by atoms with E-state index < -0.39 is 11.2 Å². The van der Waals surface area contributed by atoms with Crippen LogP contribution in [0.3, 0.4) is 0 Å².